The molecule has 3 atom stereocenters. The molecule has 0 N–H and O–H groups in total. The number of hydrogen-bond acceptors (Lipinski definition) is 10. The normalized spacial score (nSPS) is 16.8. The van der Waals surface area contributed by atoms with E-state index in [0.29, 0.717) is 11.8 Å². The smallest absolute Gasteiger partial charge is 0.268 e. The topological polar surface area (TPSA) is 157 Å². The Balaban J connectivity index is -0.000000739. The van der Waals surface area contributed by atoms with E-state index in [2.05, 4.69) is 20.8 Å². The molecule has 0 aliphatic rings. The molecule has 3 unspecified atom stereocenters. The van der Waals surface area contributed by atoms with Crippen LogP contribution in [0.3, 0.4) is 0 Å². The fourth-order valence-corrected chi connectivity index (χ4v) is 9.33. The Labute approximate surface area is 322 Å². The third-order valence-electron chi connectivity index (χ3n) is 6.59. The van der Waals surface area contributed by atoms with Gasteiger partial charge in [-0.15, -0.1) is 0 Å². The average Bonchev–Trinajstić information content (AvgIpc) is 2.77. The van der Waals surface area contributed by atoms with Gasteiger partial charge in [0, 0.05) is 12.3 Å². The van der Waals surface area contributed by atoms with Crippen molar-refractivity contribution in [3.05, 3.63) is 0 Å². The van der Waals surface area contributed by atoms with Gasteiger partial charge in [-0.1, -0.05) is 120 Å². The van der Waals surface area contributed by atoms with Crippen molar-refractivity contribution >= 4 is 23.0 Å². The molecule has 0 aromatic carbocycles. The van der Waals surface area contributed by atoms with E-state index in [0.717, 1.165) is 19.3 Å². The van der Waals surface area contributed by atoms with Crippen LogP contribution in [0.5, 0.6) is 0 Å². The Hall–Kier alpha value is 0.410. The zero-order valence-electron chi connectivity index (χ0n) is 37.0. The molecule has 0 aromatic heterocycles. The van der Waals surface area contributed by atoms with E-state index in [1.165, 1.54) is 51.4 Å². The van der Waals surface area contributed by atoms with Crippen LogP contribution in [0.2, 0.25) is 0 Å². The quantitative estimate of drug-likeness (QED) is 0.0908. The minimum absolute atomic E-state index is 0.0573. The molecule has 0 rings (SSSR count). The minimum atomic E-state index is -4.15. The molecule has 0 radical (unpaired) electrons. The number of unbranched alkanes of at least 4 members (excludes halogenated alkanes) is 9. The summed E-state index contributed by atoms with van der Waals surface area (Å²) in [4.78, 5) is 34.6. The van der Waals surface area contributed by atoms with Gasteiger partial charge in [-0.25, -0.2) is 0 Å². The third kappa shape index (κ3) is 50.4. The molecule has 0 saturated heterocycles. The molecule has 0 aliphatic heterocycles. The molecule has 318 valence electrons. The van der Waals surface area contributed by atoms with Gasteiger partial charge < -0.3 is 41.9 Å². The summed E-state index contributed by atoms with van der Waals surface area (Å²) in [6.07, 6.45) is 14.4. The van der Waals surface area contributed by atoms with Gasteiger partial charge in [0.25, 0.3) is 7.82 Å². The van der Waals surface area contributed by atoms with Crippen LogP contribution in [0, 0.1) is 16.2 Å². The maximum atomic E-state index is 11.8. The molecule has 0 fully saturated rings. The van der Waals surface area contributed by atoms with E-state index >= 15 is 0 Å². The summed E-state index contributed by atoms with van der Waals surface area (Å²) in [5.74, 6) is 0. The maximum absolute atomic E-state index is 11.8. The van der Waals surface area contributed by atoms with Crippen LogP contribution < -0.4 is 14.7 Å². The second-order valence-electron chi connectivity index (χ2n) is 20.7. The minimum Gasteiger partial charge on any atom is -0.778 e. The largest absolute Gasteiger partial charge is 0.778 e. The van der Waals surface area contributed by atoms with Crippen molar-refractivity contribution in [3.8, 4) is 0 Å². The van der Waals surface area contributed by atoms with Crippen molar-refractivity contribution in [3.63, 3.8) is 0 Å². The Kier molecular flexibility index (Phi) is 26.5. The molecule has 0 heterocycles. The molecule has 0 aromatic rings. The predicted molar refractivity (Wildman–Crippen MR) is 215 cm³/mol. The zero-order chi connectivity index (χ0) is 41.9. The van der Waals surface area contributed by atoms with Crippen LogP contribution >= 0.6 is 23.0 Å². The summed E-state index contributed by atoms with van der Waals surface area (Å²) in [6.45, 7) is 34.4. The van der Waals surface area contributed by atoms with E-state index in [1.807, 2.05) is 41.5 Å². The summed E-state index contributed by atoms with van der Waals surface area (Å²) in [7, 11) is -11.5. The highest BCUT2D eigenvalue weighted by Gasteiger charge is 2.25. The molecule has 0 amide bonds. The molecule has 0 spiro atoms. The lowest BCUT2D eigenvalue weighted by molar-refractivity contribution is -0.234. The van der Waals surface area contributed by atoms with Gasteiger partial charge in [0.15, 0.2) is 0 Å². The van der Waals surface area contributed by atoms with Crippen LogP contribution in [0.4, 0.5) is 0 Å². The lowest BCUT2D eigenvalue weighted by Crippen LogP contribution is -2.26. The first-order chi connectivity index (χ1) is 22.7. The van der Waals surface area contributed by atoms with Crippen LogP contribution in [0.25, 0.3) is 0 Å². The summed E-state index contributed by atoms with van der Waals surface area (Å²) < 4.78 is 54.3. The van der Waals surface area contributed by atoms with E-state index in [1.54, 1.807) is 62.3 Å². The molecule has 10 nitrogen and oxygen atoms in total. The maximum Gasteiger partial charge on any atom is 0.268 e. The fraction of sp³-hybridized carbons (Fsp3) is 1.00. The summed E-state index contributed by atoms with van der Waals surface area (Å²) in [5, 5.41) is 0. The van der Waals surface area contributed by atoms with Gasteiger partial charge in [-0.2, -0.15) is 0 Å². The molecule has 0 aliphatic carbocycles. The van der Waals surface area contributed by atoms with Gasteiger partial charge in [-0.05, 0) is 97.8 Å². The molecular formula is C39H84O10P3-3. The number of hydrogen-bond donors (Lipinski definition) is 0. The third-order valence-corrected chi connectivity index (χ3v) is 11.7. The van der Waals surface area contributed by atoms with Crippen LogP contribution in [0.15, 0.2) is 0 Å². The first kappa shape index (κ1) is 56.7. The summed E-state index contributed by atoms with van der Waals surface area (Å²) in [6, 6.07) is 0. The monoisotopic (exact) mass is 806 g/mol. The van der Waals surface area contributed by atoms with E-state index < -0.39 is 39.8 Å². The van der Waals surface area contributed by atoms with Crippen LogP contribution in [-0.4, -0.2) is 35.7 Å². The van der Waals surface area contributed by atoms with Crippen molar-refractivity contribution in [1.82, 2.24) is 0 Å². The van der Waals surface area contributed by atoms with Crippen molar-refractivity contribution in [2.24, 2.45) is 16.2 Å². The first-order valence-electron chi connectivity index (χ1n) is 19.4. The van der Waals surface area contributed by atoms with Gasteiger partial charge >= 0.3 is 0 Å². The lowest BCUT2D eigenvalue weighted by atomic mass is 9.89. The highest BCUT2D eigenvalue weighted by molar-refractivity contribution is 7.51. The second-order valence-corrected chi connectivity index (χ2v) is 25.6. The average molecular weight is 806 g/mol. The van der Waals surface area contributed by atoms with Gasteiger partial charge in [0.1, 0.15) is 15.2 Å². The van der Waals surface area contributed by atoms with Crippen LogP contribution in [0.1, 0.15) is 202 Å². The van der Waals surface area contributed by atoms with Gasteiger partial charge in [0.2, 0.25) is 0 Å². The Morgan fingerprint density at radius 3 is 1.06 bits per heavy atom. The second kappa shape index (κ2) is 24.2. The summed E-state index contributed by atoms with van der Waals surface area (Å²) in [5.41, 5.74) is -1.68. The highest BCUT2D eigenvalue weighted by atomic mass is 31.2. The van der Waals surface area contributed by atoms with Crippen molar-refractivity contribution in [2.45, 2.75) is 218 Å². The first-order valence-corrected chi connectivity index (χ1v) is 24.3. The van der Waals surface area contributed by atoms with E-state index in [-0.39, 0.29) is 29.8 Å². The SMILES string of the molecule is CC(C)(C)CCCCCCCCCCCCP(=O)([O-])OC(C)(C)C.CC(C)(C)CCOP(=O)([O-])OC(C)(C)C.CC(C)(C)CP(=O)([O-])OC(C)(C)C. The molecule has 0 bridgehead atoms. The standard InChI is InChI=1S/C20H43O3P.C10H23O4P.C9H21O3P/c1-19(2,3)17-15-13-11-9-7-8-10-12-14-16-18-24(21,22)23-20(4,5)6;1-9(2,3)7-8-13-15(11,12)14-10(4,5)6;1-8(2,3)7-13(10,11)12-9(4,5)6/h7-18H2,1-6H3,(H,21,22);7-8H2,1-6H3,(H,11,12);7H2,1-6H3,(H,10,11)/p-3. The Morgan fingerprint density at radius 1 is 0.404 bits per heavy atom. The molecule has 0 saturated carbocycles. The number of phosphoric acid groups is 1. The van der Waals surface area contributed by atoms with E-state index in [4.69, 9.17) is 18.1 Å². The van der Waals surface area contributed by atoms with Crippen molar-refractivity contribution in [2.75, 3.05) is 18.9 Å². The Bertz CT molecular complexity index is 1050. The van der Waals surface area contributed by atoms with Gasteiger partial charge in [-0.3, -0.25) is 4.57 Å². The summed E-state index contributed by atoms with van der Waals surface area (Å²) >= 11 is 0. The fourth-order valence-electron chi connectivity index (χ4n) is 4.69. The highest BCUT2D eigenvalue weighted by Crippen LogP contribution is 2.46. The number of phosphoric ester groups is 1. The lowest BCUT2D eigenvalue weighted by Gasteiger charge is -2.35. The van der Waals surface area contributed by atoms with Crippen LogP contribution in [-0.2, 0) is 31.8 Å². The Morgan fingerprint density at radius 2 is 0.731 bits per heavy atom. The molecule has 52 heavy (non-hydrogen) atoms. The molecule has 13 heteroatoms. The predicted octanol–water partition coefficient (Wildman–Crippen LogP) is 11.8. The molecular weight excluding hydrogens is 721 g/mol. The van der Waals surface area contributed by atoms with Crippen molar-refractivity contribution in [1.29, 1.82) is 0 Å². The number of rotatable bonds is 19. The van der Waals surface area contributed by atoms with Crippen molar-refractivity contribution < 1.29 is 46.5 Å². The van der Waals surface area contributed by atoms with Gasteiger partial charge in [0.05, 0.1) is 23.4 Å². The zero-order valence-corrected chi connectivity index (χ0v) is 39.7. The van der Waals surface area contributed by atoms with E-state index in [9.17, 15) is 28.4 Å².